The molecule has 154 valence electrons. The van der Waals surface area contributed by atoms with E-state index in [-0.39, 0.29) is 0 Å². The molecule has 3 N–H and O–H groups in total. The van der Waals surface area contributed by atoms with Crippen molar-refractivity contribution in [1.82, 2.24) is 0 Å². The van der Waals surface area contributed by atoms with E-state index < -0.39 is 0 Å². The van der Waals surface area contributed by atoms with E-state index in [1.54, 1.807) is 0 Å². The third kappa shape index (κ3) is 5.44. The van der Waals surface area contributed by atoms with Crippen molar-refractivity contribution in [3.63, 3.8) is 0 Å². The third-order valence-electron chi connectivity index (χ3n) is 4.59. The highest BCUT2D eigenvalue weighted by Gasteiger charge is 2.10. The SMILES string of the molecule is NC(=NCc1cccc(COc2ccccc2)c1)Nc1ccc2c(c1)OCCCO2. The van der Waals surface area contributed by atoms with Crippen LogP contribution >= 0.6 is 0 Å². The first-order valence-electron chi connectivity index (χ1n) is 9.98. The van der Waals surface area contributed by atoms with Gasteiger partial charge in [0.05, 0.1) is 19.8 Å². The molecule has 0 radical (unpaired) electrons. The number of benzene rings is 3. The number of rotatable bonds is 6. The molecule has 0 bridgehead atoms. The lowest BCUT2D eigenvalue weighted by Crippen LogP contribution is -2.22. The zero-order valence-electron chi connectivity index (χ0n) is 16.7. The van der Waals surface area contributed by atoms with Crippen molar-refractivity contribution in [1.29, 1.82) is 0 Å². The third-order valence-corrected chi connectivity index (χ3v) is 4.59. The van der Waals surface area contributed by atoms with E-state index in [4.69, 9.17) is 19.9 Å². The lowest BCUT2D eigenvalue weighted by molar-refractivity contribution is 0.297. The van der Waals surface area contributed by atoms with E-state index in [1.807, 2.05) is 66.7 Å². The Labute approximate surface area is 176 Å². The maximum Gasteiger partial charge on any atom is 0.193 e. The van der Waals surface area contributed by atoms with Gasteiger partial charge in [-0.3, -0.25) is 0 Å². The van der Waals surface area contributed by atoms with Crippen molar-refractivity contribution in [2.75, 3.05) is 18.5 Å². The number of aliphatic imine (C=N–C) groups is 1. The Kier molecular flexibility index (Phi) is 6.35. The first-order chi connectivity index (χ1) is 14.8. The van der Waals surface area contributed by atoms with Crippen LogP contribution in [0, 0.1) is 0 Å². The molecule has 4 rings (SSSR count). The molecular formula is C24H25N3O3. The second-order valence-corrected chi connectivity index (χ2v) is 6.96. The molecule has 0 unspecified atom stereocenters. The lowest BCUT2D eigenvalue weighted by Gasteiger charge is -2.11. The average Bonchev–Trinajstić information content (AvgIpc) is 3.02. The van der Waals surface area contributed by atoms with Gasteiger partial charge in [-0.05, 0) is 35.4 Å². The summed E-state index contributed by atoms with van der Waals surface area (Å²) in [5.41, 5.74) is 9.03. The van der Waals surface area contributed by atoms with Gasteiger partial charge in [0.25, 0.3) is 0 Å². The quantitative estimate of drug-likeness (QED) is 0.472. The summed E-state index contributed by atoms with van der Waals surface area (Å²) in [6.45, 7) is 2.29. The smallest absolute Gasteiger partial charge is 0.193 e. The van der Waals surface area contributed by atoms with Gasteiger partial charge >= 0.3 is 0 Å². The summed E-state index contributed by atoms with van der Waals surface area (Å²) in [4.78, 5) is 4.45. The van der Waals surface area contributed by atoms with Crippen LogP contribution in [0.25, 0.3) is 0 Å². The fraction of sp³-hybridized carbons (Fsp3) is 0.208. The van der Waals surface area contributed by atoms with Crippen LogP contribution in [-0.4, -0.2) is 19.2 Å². The summed E-state index contributed by atoms with van der Waals surface area (Å²) in [5, 5.41) is 3.11. The Balaban J connectivity index is 1.34. The van der Waals surface area contributed by atoms with Crippen LogP contribution in [0.1, 0.15) is 17.5 Å². The monoisotopic (exact) mass is 403 g/mol. The molecule has 0 saturated carbocycles. The van der Waals surface area contributed by atoms with Crippen LogP contribution in [-0.2, 0) is 13.2 Å². The summed E-state index contributed by atoms with van der Waals surface area (Å²) in [7, 11) is 0. The predicted octanol–water partition coefficient (Wildman–Crippen LogP) is 4.35. The molecule has 0 fully saturated rings. The average molecular weight is 403 g/mol. The number of fused-ring (bicyclic) bond motifs is 1. The van der Waals surface area contributed by atoms with Crippen LogP contribution in [0.2, 0.25) is 0 Å². The minimum absolute atomic E-state index is 0.343. The molecule has 6 nitrogen and oxygen atoms in total. The molecule has 3 aromatic rings. The summed E-state index contributed by atoms with van der Waals surface area (Å²) < 4.78 is 17.2. The molecule has 30 heavy (non-hydrogen) atoms. The van der Waals surface area contributed by atoms with Crippen molar-refractivity contribution < 1.29 is 14.2 Å². The molecule has 0 spiro atoms. The van der Waals surface area contributed by atoms with Gasteiger partial charge in [0.1, 0.15) is 12.4 Å². The van der Waals surface area contributed by atoms with Crippen molar-refractivity contribution in [3.8, 4) is 17.2 Å². The molecule has 1 heterocycles. The second kappa shape index (κ2) is 9.69. The molecule has 0 amide bonds. The zero-order chi connectivity index (χ0) is 20.6. The summed E-state index contributed by atoms with van der Waals surface area (Å²) in [6, 6.07) is 23.6. The van der Waals surface area contributed by atoms with Crippen LogP contribution in [0.4, 0.5) is 5.69 Å². The van der Waals surface area contributed by atoms with E-state index in [2.05, 4.69) is 16.4 Å². The first-order valence-corrected chi connectivity index (χ1v) is 9.98. The topological polar surface area (TPSA) is 78.1 Å². The molecule has 1 aliphatic heterocycles. The van der Waals surface area contributed by atoms with E-state index in [1.165, 1.54) is 0 Å². The molecule has 3 aromatic carbocycles. The molecule has 0 aromatic heterocycles. The number of hydrogen-bond donors (Lipinski definition) is 2. The Bertz CT molecular complexity index is 1010. The molecule has 0 atom stereocenters. The highest BCUT2D eigenvalue weighted by molar-refractivity contribution is 5.92. The minimum Gasteiger partial charge on any atom is -0.490 e. The molecular weight excluding hydrogens is 378 g/mol. The number of nitrogens with one attached hydrogen (secondary N) is 1. The van der Waals surface area contributed by atoms with Gasteiger partial charge < -0.3 is 25.3 Å². The van der Waals surface area contributed by atoms with Crippen LogP contribution in [0.15, 0.2) is 77.8 Å². The Hall–Kier alpha value is -3.67. The van der Waals surface area contributed by atoms with E-state index in [9.17, 15) is 0 Å². The minimum atomic E-state index is 0.343. The van der Waals surface area contributed by atoms with Crippen molar-refractivity contribution in [2.45, 2.75) is 19.6 Å². The largest absolute Gasteiger partial charge is 0.490 e. The Morgan fingerprint density at radius 3 is 2.57 bits per heavy atom. The standard InChI is InChI=1S/C24H25N3O3/c25-24(27-20-10-11-22-23(15-20)29-13-5-12-28-22)26-16-18-6-4-7-19(14-18)17-30-21-8-2-1-3-9-21/h1-4,6-11,14-15H,5,12-13,16-17H2,(H3,25,26,27). The molecule has 6 heteroatoms. The van der Waals surface area contributed by atoms with Gasteiger partial charge in [0.15, 0.2) is 17.5 Å². The summed E-state index contributed by atoms with van der Waals surface area (Å²) >= 11 is 0. The van der Waals surface area contributed by atoms with Crippen molar-refractivity contribution in [2.24, 2.45) is 10.7 Å². The number of para-hydroxylation sites is 1. The Morgan fingerprint density at radius 1 is 0.900 bits per heavy atom. The number of anilines is 1. The fourth-order valence-electron chi connectivity index (χ4n) is 3.11. The maximum absolute atomic E-state index is 6.08. The maximum atomic E-state index is 6.08. The predicted molar refractivity (Wildman–Crippen MR) is 118 cm³/mol. The number of guanidine groups is 1. The number of nitrogens with zero attached hydrogens (tertiary/aromatic N) is 1. The van der Waals surface area contributed by atoms with E-state index in [0.717, 1.165) is 40.5 Å². The summed E-state index contributed by atoms with van der Waals surface area (Å²) in [6.07, 6.45) is 0.872. The van der Waals surface area contributed by atoms with Crippen molar-refractivity contribution in [3.05, 3.63) is 83.9 Å². The van der Waals surface area contributed by atoms with Gasteiger partial charge in [-0.15, -0.1) is 0 Å². The lowest BCUT2D eigenvalue weighted by atomic mass is 10.1. The number of ether oxygens (including phenoxy) is 3. The van der Waals surface area contributed by atoms with Gasteiger partial charge in [-0.25, -0.2) is 4.99 Å². The van der Waals surface area contributed by atoms with Crippen LogP contribution < -0.4 is 25.3 Å². The van der Waals surface area contributed by atoms with Crippen LogP contribution in [0.5, 0.6) is 17.2 Å². The molecule has 0 saturated heterocycles. The fourth-order valence-corrected chi connectivity index (χ4v) is 3.11. The normalized spacial score (nSPS) is 13.4. The van der Waals surface area contributed by atoms with Gasteiger partial charge in [0, 0.05) is 18.2 Å². The highest BCUT2D eigenvalue weighted by atomic mass is 16.5. The highest BCUT2D eigenvalue weighted by Crippen LogP contribution is 2.32. The van der Waals surface area contributed by atoms with Gasteiger partial charge in [-0.1, -0.05) is 42.5 Å². The zero-order valence-corrected chi connectivity index (χ0v) is 16.7. The number of nitrogens with two attached hydrogens (primary N) is 1. The molecule has 1 aliphatic rings. The second-order valence-electron chi connectivity index (χ2n) is 6.96. The van der Waals surface area contributed by atoms with Crippen molar-refractivity contribution >= 4 is 11.6 Å². The summed E-state index contributed by atoms with van der Waals surface area (Å²) in [5.74, 6) is 2.67. The van der Waals surface area contributed by atoms with E-state index in [0.29, 0.717) is 32.3 Å². The molecule has 0 aliphatic carbocycles. The van der Waals surface area contributed by atoms with Crippen LogP contribution in [0.3, 0.4) is 0 Å². The van der Waals surface area contributed by atoms with Gasteiger partial charge in [-0.2, -0.15) is 0 Å². The Morgan fingerprint density at radius 2 is 1.70 bits per heavy atom. The van der Waals surface area contributed by atoms with Gasteiger partial charge in [0.2, 0.25) is 0 Å². The first kappa shape index (κ1) is 19.6. The van der Waals surface area contributed by atoms with E-state index >= 15 is 0 Å². The number of hydrogen-bond acceptors (Lipinski definition) is 4.